The number of hydrogen-bond acceptors (Lipinski definition) is 5. The monoisotopic (exact) mass is 359 g/mol. The summed E-state index contributed by atoms with van der Waals surface area (Å²) in [4.78, 5) is 30.6. The van der Waals surface area contributed by atoms with Crippen molar-refractivity contribution in [3.63, 3.8) is 0 Å². The maximum Gasteiger partial charge on any atom is 0.237 e. The summed E-state index contributed by atoms with van der Waals surface area (Å²) in [5.41, 5.74) is 2.89. The molecule has 1 aliphatic rings. The van der Waals surface area contributed by atoms with Crippen molar-refractivity contribution < 1.29 is 14.0 Å². The van der Waals surface area contributed by atoms with Crippen LogP contribution in [0.25, 0.3) is 0 Å². The van der Waals surface area contributed by atoms with Crippen LogP contribution in [-0.4, -0.2) is 29.1 Å². The smallest absolute Gasteiger partial charge is 0.237 e. The Kier molecular flexibility index (Phi) is 5.43. The zero-order chi connectivity index (χ0) is 17.8. The second kappa shape index (κ2) is 7.74. The maximum absolute atomic E-state index is 12.3. The van der Waals surface area contributed by atoms with Crippen LogP contribution >= 0.6 is 11.8 Å². The third-order valence-electron chi connectivity index (χ3n) is 4.01. The molecule has 0 radical (unpaired) electrons. The molecule has 3 heterocycles. The summed E-state index contributed by atoms with van der Waals surface area (Å²) in [5.74, 6) is 1.15. The Morgan fingerprint density at radius 3 is 3.04 bits per heavy atom. The van der Waals surface area contributed by atoms with Crippen molar-refractivity contribution in [1.29, 1.82) is 0 Å². The van der Waals surface area contributed by atoms with Crippen molar-refractivity contribution in [1.82, 2.24) is 10.3 Å². The average Bonchev–Trinajstić information content (AvgIpc) is 3.08. The first-order chi connectivity index (χ1) is 12.0. The molecule has 2 amide bonds. The summed E-state index contributed by atoms with van der Waals surface area (Å²) >= 11 is 1.48. The largest absolute Gasteiger partial charge is 0.467 e. The molecular weight excluding hydrogens is 338 g/mol. The molecule has 3 rings (SSSR count). The summed E-state index contributed by atoms with van der Waals surface area (Å²) in [5, 5.41) is 3.72. The number of pyridine rings is 1. The highest BCUT2D eigenvalue weighted by Gasteiger charge is 2.27. The van der Waals surface area contributed by atoms with Gasteiger partial charge in [-0.3, -0.25) is 9.59 Å². The predicted octanol–water partition coefficient (Wildman–Crippen LogP) is 2.83. The Labute approximate surface area is 151 Å². The first-order valence-electron chi connectivity index (χ1n) is 8.25. The van der Waals surface area contributed by atoms with Crippen molar-refractivity contribution in [3.8, 4) is 0 Å². The van der Waals surface area contributed by atoms with E-state index in [1.54, 1.807) is 17.2 Å². The molecule has 0 fully saturated rings. The lowest BCUT2D eigenvalue weighted by Crippen LogP contribution is -2.37. The number of carbonyl (C=O) groups is 2. The summed E-state index contributed by atoms with van der Waals surface area (Å²) in [6.45, 7) is 4.86. The van der Waals surface area contributed by atoms with Crippen molar-refractivity contribution in [2.45, 2.75) is 38.3 Å². The number of carbonyl (C=O) groups excluding carboxylic acids is 2. The Hall–Kier alpha value is -2.28. The van der Waals surface area contributed by atoms with Crippen LogP contribution in [0.15, 0.2) is 33.9 Å². The number of anilines is 1. The average molecular weight is 359 g/mol. The normalized spacial score (nSPS) is 13.7. The number of thioether (sulfide) groups is 1. The molecule has 6 nitrogen and oxygen atoms in total. The van der Waals surface area contributed by atoms with Crippen molar-refractivity contribution >= 4 is 29.3 Å². The number of aryl methyl sites for hydroxylation is 2. The first-order valence-corrected chi connectivity index (χ1v) is 9.23. The highest BCUT2D eigenvalue weighted by atomic mass is 32.2. The minimum Gasteiger partial charge on any atom is -0.467 e. The van der Waals surface area contributed by atoms with Gasteiger partial charge in [0.15, 0.2) is 0 Å². The fourth-order valence-corrected chi connectivity index (χ4v) is 3.91. The van der Waals surface area contributed by atoms with Gasteiger partial charge in [-0.1, -0.05) is 11.8 Å². The molecule has 2 aromatic rings. The standard InChI is InChI=1S/C18H21N3O3S/c1-12-9-13(2)20-18-17(12)21(16(23)11-25-18)7-3-6-15(22)19-10-14-5-4-8-24-14/h4-5,8-9H,3,6-7,10-11H2,1-2H3,(H,19,22). The molecule has 0 aromatic carbocycles. The van der Waals surface area contributed by atoms with Gasteiger partial charge >= 0.3 is 0 Å². The molecule has 0 saturated heterocycles. The van der Waals surface area contributed by atoms with E-state index >= 15 is 0 Å². The van der Waals surface area contributed by atoms with Gasteiger partial charge in [0, 0.05) is 18.7 Å². The third kappa shape index (κ3) is 4.22. The number of rotatable bonds is 6. The van der Waals surface area contributed by atoms with Gasteiger partial charge in [-0.2, -0.15) is 0 Å². The number of nitrogens with zero attached hydrogens (tertiary/aromatic N) is 2. The van der Waals surface area contributed by atoms with Gasteiger partial charge in [-0.05, 0) is 44.0 Å². The molecule has 0 unspecified atom stereocenters. The van der Waals surface area contributed by atoms with Crippen LogP contribution in [-0.2, 0) is 16.1 Å². The summed E-state index contributed by atoms with van der Waals surface area (Å²) < 4.78 is 5.18. The quantitative estimate of drug-likeness (QED) is 0.858. The molecule has 0 bridgehead atoms. The maximum atomic E-state index is 12.3. The molecule has 2 aromatic heterocycles. The van der Waals surface area contributed by atoms with E-state index in [2.05, 4.69) is 10.3 Å². The number of fused-ring (bicyclic) bond motifs is 1. The number of aromatic nitrogens is 1. The van der Waals surface area contributed by atoms with Gasteiger partial charge in [0.2, 0.25) is 11.8 Å². The second-order valence-corrected chi connectivity index (χ2v) is 6.99. The van der Waals surface area contributed by atoms with E-state index in [0.29, 0.717) is 31.7 Å². The highest BCUT2D eigenvalue weighted by molar-refractivity contribution is 8.00. The van der Waals surface area contributed by atoms with E-state index in [1.165, 1.54) is 11.8 Å². The van der Waals surface area contributed by atoms with E-state index in [1.807, 2.05) is 26.0 Å². The minimum absolute atomic E-state index is 0.0470. The SMILES string of the molecule is Cc1cc(C)c2c(n1)SCC(=O)N2CCCC(=O)NCc1ccco1. The van der Waals surface area contributed by atoms with Crippen LogP contribution in [0.3, 0.4) is 0 Å². The van der Waals surface area contributed by atoms with Gasteiger partial charge < -0.3 is 14.6 Å². The van der Waals surface area contributed by atoms with Crippen molar-refractivity contribution in [2.24, 2.45) is 0 Å². The molecule has 0 atom stereocenters. The lowest BCUT2D eigenvalue weighted by atomic mass is 10.1. The minimum atomic E-state index is -0.0470. The van der Waals surface area contributed by atoms with E-state index in [9.17, 15) is 9.59 Å². The fourth-order valence-electron chi connectivity index (χ4n) is 2.88. The highest BCUT2D eigenvalue weighted by Crippen LogP contribution is 2.36. The Morgan fingerprint density at radius 2 is 2.28 bits per heavy atom. The zero-order valence-corrected chi connectivity index (χ0v) is 15.2. The Morgan fingerprint density at radius 1 is 1.44 bits per heavy atom. The molecule has 7 heteroatoms. The lowest BCUT2D eigenvalue weighted by molar-refractivity contribution is -0.121. The molecule has 25 heavy (non-hydrogen) atoms. The zero-order valence-electron chi connectivity index (χ0n) is 14.4. The lowest BCUT2D eigenvalue weighted by Gasteiger charge is -2.30. The van der Waals surface area contributed by atoms with Crippen molar-refractivity contribution in [3.05, 3.63) is 41.5 Å². The van der Waals surface area contributed by atoms with E-state index in [0.717, 1.165) is 27.7 Å². The van der Waals surface area contributed by atoms with Crippen LogP contribution < -0.4 is 10.2 Å². The van der Waals surface area contributed by atoms with Gasteiger partial charge in [-0.25, -0.2) is 4.98 Å². The van der Waals surface area contributed by atoms with Crippen LogP contribution in [0.4, 0.5) is 5.69 Å². The molecular formula is C18H21N3O3S. The van der Waals surface area contributed by atoms with E-state index in [-0.39, 0.29) is 11.8 Å². The molecule has 132 valence electrons. The van der Waals surface area contributed by atoms with Gasteiger partial charge in [0.25, 0.3) is 0 Å². The van der Waals surface area contributed by atoms with Crippen LogP contribution in [0.2, 0.25) is 0 Å². The second-order valence-electron chi connectivity index (χ2n) is 6.03. The first kappa shape index (κ1) is 17.5. The van der Waals surface area contributed by atoms with Gasteiger partial charge in [0.1, 0.15) is 10.8 Å². The molecule has 1 aliphatic heterocycles. The summed E-state index contributed by atoms with van der Waals surface area (Å²) in [7, 11) is 0. The molecule has 0 aliphatic carbocycles. The molecule has 1 N–H and O–H groups in total. The Balaban J connectivity index is 1.56. The van der Waals surface area contributed by atoms with Crippen LogP contribution in [0.5, 0.6) is 0 Å². The molecule has 0 spiro atoms. The number of hydrogen-bond donors (Lipinski definition) is 1. The van der Waals surface area contributed by atoms with Crippen LogP contribution in [0.1, 0.15) is 29.9 Å². The van der Waals surface area contributed by atoms with E-state index < -0.39 is 0 Å². The third-order valence-corrected chi connectivity index (χ3v) is 4.96. The predicted molar refractivity (Wildman–Crippen MR) is 96.6 cm³/mol. The summed E-state index contributed by atoms with van der Waals surface area (Å²) in [6.07, 6.45) is 2.55. The summed E-state index contributed by atoms with van der Waals surface area (Å²) in [6, 6.07) is 5.59. The Bertz CT molecular complexity index is 774. The van der Waals surface area contributed by atoms with Gasteiger partial charge in [-0.15, -0.1) is 0 Å². The fraction of sp³-hybridized carbons (Fsp3) is 0.389. The molecule has 0 saturated carbocycles. The number of furan rings is 1. The number of amides is 2. The topological polar surface area (TPSA) is 75.4 Å². The van der Waals surface area contributed by atoms with E-state index in [4.69, 9.17) is 4.42 Å². The number of nitrogens with one attached hydrogen (secondary N) is 1. The van der Waals surface area contributed by atoms with Gasteiger partial charge in [0.05, 0.1) is 24.2 Å². The van der Waals surface area contributed by atoms with Crippen LogP contribution in [0, 0.1) is 13.8 Å². The van der Waals surface area contributed by atoms with Crippen molar-refractivity contribution in [2.75, 3.05) is 17.2 Å².